The normalized spacial score (nSPS) is 15.9. The van der Waals surface area contributed by atoms with Gasteiger partial charge in [0.05, 0.1) is 13.2 Å². The summed E-state index contributed by atoms with van der Waals surface area (Å²) in [5.41, 5.74) is 1.08. The van der Waals surface area contributed by atoms with E-state index in [1.807, 2.05) is 0 Å². The first-order valence-corrected chi connectivity index (χ1v) is 10.4. The topological polar surface area (TPSA) is 67.9 Å². The molecule has 0 fully saturated rings. The number of nitrogens with one attached hydrogen (secondary N) is 1. The summed E-state index contributed by atoms with van der Waals surface area (Å²) in [6.07, 6.45) is 6.38. The lowest BCUT2D eigenvalue weighted by Crippen LogP contribution is -2.33. The molecule has 1 N–H and O–H groups in total. The quantitative estimate of drug-likeness (QED) is 0.420. The molecule has 0 bridgehead atoms. The first-order chi connectivity index (χ1) is 13.5. The fourth-order valence-corrected chi connectivity index (χ4v) is 3.84. The van der Waals surface area contributed by atoms with Crippen molar-refractivity contribution in [2.45, 2.75) is 53.4 Å². The maximum Gasteiger partial charge on any atom is 0.253 e. The molecule has 29 heavy (non-hydrogen) atoms. The Morgan fingerprint density at radius 3 is 2.17 bits per heavy atom. The highest BCUT2D eigenvalue weighted by Crippen LogP contribution is 2.32. The average molecular weight is 409 g/mol. The van der Waals surface area contributed by atoms with Crippen LogP contribution < -0.4 is 5.32 Å². The van der Waals surface area contributed by atoms with Gasteiger partial charge in [-0.1, -0.05) is 34.3 Å². The highest BCUT2D eigenvalue weighted by Gasteiger charge is 2.27. The van der Waals surface area contributed by atoms with Crippen LogP contribution in [-0.4, -0.2) is 57.2 Å². The minimum absolute atomic E-state index is 0.0912. The molecule has 6 nitrogen and oxygen atoms in total. The van der Waals surface area contributed by atoms with E-state index in [-0.39, 0.29) is 22.6 Å². The van der Waals surface area contributed by atoms with Crippen LogP contribution in [0.1, 0.15) is 53.4 Å². The molecule has 1 heterocycles. The lowest BCUT2D eigenvalue weighted by atomic mass is 9.78. The number of hydrogen-bond acceptors (Lipinski definition) is 5. The molecule has 0 spiro atoms. The van der Waals surface area contributed by atoms with Gasteiger partial charge in [0.2, 0.25) is 0 Å². The SMILES string of the molecule is C=C(CCN1C(=O)C=CC1=O)NCC(CCC(C)(C)COC)CC(C)(C)COC. The molecule has 2 amide bonds. The second kappa shape index (κ2) is 11.5. The molecular weight excluding hydrogens is 368 g/mol. The highest BCUT2D eigenvalue weighted by atomic mass is 16.5. The van der Waals surface area contributed by atoms with E-state index < -0.39 is 0 Å². The van der Waals surface area contributed by atoms with Gasteiger partial charge in [-0.05, 0) is 36.0 Å². The molecule has 1 unspecified atom stereocenters. The van der Waals surface area contributed by atoms with Gasteiger partial charge in [0.25, 0.3) is 11.8 Å². The Balaban J connectivity index is 2.57. The van der Waals surface area contributed by atoms with E-state index >= 15 is 0 Å². The summed E-state index contributed by atoms with van der Waals surface area (Å²) in [6, 6.07) is 0. The fourth-order valence-electron chi connectivity index (χ4n) is 3.84. The zero-order valence-corrected chi connectivity index (χ0v) is 19.2. The maximum atomic E-state index is 11.7. The van der Waals surface area contributed by atoms with Crippen molar-refractivity contribution in [3.05, 3.63) is 24.4 Å². The van der Waals surface area contributed by atoms with Gasteiger partial charge in [-0.25, -0.2) is 0 Å². The second-order valence-corrected chi connectivity index (χ2v) is 9.70. The van der Waals surface area contributed by atoms with Gasteiger partial charge in [0, 0.05) is 51.6 Å². The van der Waals surface area contributed by atoms with Crippen LogP contribution in [0.2, 0.25) is 0 Å². The van der Waals surface area contributed by atoms with E-state index in [4.69, 9.17) is 9.47 Å². The highest BCUT2D eigenvalue weighted by molar-refractivity contribution is 6.12. The minimum Gasteiger partial charge on any atom is -0.388 e. The van der Waals surface area contributed by atoms with Gasteiger partial charge in [-0.15, -0.1) is 0 Å². The number of nitrogens with zero attached hydrogens (tertiary/aromatic N) is 1. The summed E-state index contributed by atoms with van der Waals surface area (Å²) in [5, 5.41) is 3.43. The first kappa shape index (κ1) is 25.4. The lowest BCUT2D eigenvalue weighted by molar-refractivity contribution is -0.136. The largest absolute Gasteiger partial charge is 0.388 e. The Morgan fingerprint density at radius 1 is 1.07 bits per heavy atom. The van der Waals surface area contributed by atoms with Crippen LogP contribution in [0.4, 0.5) is 0 Å². The Hall–Kier alpha value is -1.66. The van der Waals surface area contributed by atoms with Gasteiger partial charge >= 0.3 is 0 Å². The number of ether oxygens (including phenoxy) is 2. The summed E-state index contributed by atoms with van der Waals surface area (Å²) in [6.45, 7) is 15.7. The Morgan fingerprint density at radius 2 is 1.62 bits per heavy atom. The monoisotopic (exact) mass is 408 g/mol. The van der Waals surface area contributed by atoms with E-state index in [0.29, 0.717) is 18.9 Å². The number of imide groups is 1. The molecule has 0 saturated carbocycles. The maximum absolute atomic E-state index is 11.7. The molecule has 1 aliphatic rings. The molecule has 166 valence electrons. The number of carbonyl (C=O) groups excluding carboxylic acids is 2. The second-order valence-electron chi connectivity index (χ2n) is 9.70. The number of rotatable bonds is 15. The van der Waals surface area contributed by atoms with Gasteiger partial charge < -0.3 is 14.8 Å². The zero-order valence-electron chi connectivity index (χ0n) is 19.2. The Kier molecular flexibility index (Phi) is 10.1. The van der Waals surface area contributed by atoms with Crippen molar-refractivity contribution < 1.29 is 19.1 Å². The number of carbonyl (C=O) groups is 2. The van der Waals surface area contributed by atoms with Crippen LogP contribution in [0.15, 0.2) is 24.4 Å². The van der Waals surface area contributed by atoms with E-state index in [1.165, 1.54) is 17.1 Å². The van der Waals surface area contributed by atoms with Crippen LogP contribution in [0.3, 0.4) is 0 Å². The van der Waals surface area contributed by atoms with E-state index in [0.717, 1.165) is 44.7 Å². The average Bonchev–Trinajstić information content (AvgIpc) is 2.93. The lowest BCUT2D eigenvalue weighted by Gasteiger charge is -2.32. The molecule has 0 aromatic carbocycles. The third-order valence-corrected chi connectivity index (χ3v) is 5.32. The predicted octanol–water partition coefficient (Wildman–Crippen LogP) is 3.54. The van der Waals surface area contributed by atoms with Crippen LogP contribution >= 0.6 is 0 Å². The minimum atomic E-state index is -0.248. The molecule has 1 aliphatic heterocycles. The third kappa shape index (κ3) is 9.59. The molecule has 0 aromatic rings. The van der Waals surface area contributed by atoms with Crippen molar-refractivity contribution >= 4 is 11.8 Å². The van der Waals surface area contributed by atoms with Gasteiger partial charge in [0.1, 0.15) is 0 Å². The van der Waals surface area contributed by atoms with E-state index in [9.17, 15) is 9.59 Å². The van der Waals surface area contributed by atoms with Crippen LogP contribution in [0, 0.1) is 16.7 Å². The predicted molar refractivity (Wildman–Crippen MR) is 116 cm³/mol. The van der Waals surface area contributed by atoms with Crippen molar-refractivity contribution in [2.75, 3.05) is 40.5 Å². The van der Waals surface area contributed by atoms with Crippen molar-refractivity contribution in [1.29, 1.82) is 0 Å². The van der Waals surface area contributed by atoms with Gasteiger partial charge in [0.15, 0.2) is 0 Å². The van der Waals surface area contributed by atoms with Crippen molar-refractivity contribution in [1.82, 2.24) is 10.2 Å². The van der Waals surface area contributed by atoms with Crippen molar-refractivity contribution in [2.24, 2.45) is 16.7 Å². The molecule has 6 heteroatoms. The smallest absolute Gasteiger partial charge is 0.253 e. The first-order valence-electron chi connectivity index (χ1n) is 10.4. The van der Waals surface area contributed by atoms with Crippen LogP contribution in [0.5, 0.6) is 0 Å². The third-order valence-electron chi connectivity index (χ3n) is 5.32. The van der Waals surface area contributed by atoms with Crippen molar-refractivity contribution in [3.8, 4) is 0 Å². The fraction of sp³-hybridized carbons (Fsp3) is 0.739. The summed E-state index contributed by atoms with van der Waals surface area (Å²) >= 11 is 0. The molecule has 1 atom stereocenters. The standard InChI is InChI=1S/C23H40N2O4/c1-18(11-13-25-20(26)8-9-21(25)27)24-15-19(14-23(4,5)17-29-7)10-12-22(2,3)16-28-6/h8-9,19,24H,1,10-17H2,2-7H3. The number of amides is 2. The number of hydrogen-bond donors (Lipinski definition) is 1. The summed E-state index contributed by atoms with van der Waals surface area (Å²) in [7, 11) is 3.49. The van der Waals surface area contributed by atoms with Gasteiger partial charge in [-0.3, -0.25) is 14.5 Å². The van der Waals surface area contributed by atoms with Crippen LogP contribution in [-0.2, 0) is 19.1 Å². The molecule has 0 saturated heterocycles. The Labute approximate surface area is 176 Å². The van der Waals surface area contributed by atoms with Crippen LogP contribution in [0.25, 0.3) is 0 Å². The molecule has 0 radical (unpaired) electrons. The molecule has 0 aliphatic carbocycles. The summed E-state index contributed by atoms with van der Waals surface area (Å²) in [4.78, 5) is 24.6. The van der Waals surface area contributed by atoms with E-state index in [2.05, 4.69) is 39.6 Å². The van der Waals surface area contributed by atoms with Crippen molar-refractivity contribution in [3.63, 3.8) is 0 Å². The van der Waals surface area contributed by atoms with Gasteiger partial charge in [-0.2, -0.15) is 0 Å². The molecule has 1 rings (SSSR count). The summed E-state index contributed by atoms with van der Waals surface area (Å²) in [5.74, 6) is -0.0329. The van der Waals surface area contributed by atoms with E-state index in [1.54, 1.807) is 14.2 Å². The summed E-state index contributed by atoms with van der Waals surface area (Å²) < 4.78 is 10.8. The molecular formula is C23H40N2O4. The molecule has 0 aromatic heterocycles. The Bertz CT molecular complexity index is 578. The zero-order chi connectivity index (χ0) is 22.1. The number of methoxy groups -OCH3 is 2.